The first-order valence-corrected chi connectivity index (χ1v) is 7.80. The molecule has 0 N–H and O–H groups in total. The largest absolute Gasteiger partial charge is 0.486 e. The van der Waals surface area contributed by atoms with Crippen LogP contribution in [0, 0.1) is 10.1 Å². The summed E-state index contributed by atoms with van der Waals surface area (Å²) in [6, 6.07) is 12.3. The van der Waals surface area contributed by atoms with Crippen molar-refractivity contribution in [2.75, 3.05) is 0 Å². The predicted octanol–water partition coefficient (Wildman–Crippen LogP) is 2.85. The Kier molecular flexibility index (Phi) is 4.71. The zero-order chi connectivity index (χ0) is 16.9. The first-order valence-electron chi connectivity index (χ1n) is 6.98. The third-order valence-corrected chi connectivity index (χ3v) is 4.22. The number of nitro groups is 1. The third kappa shape index (κ3) is 3.51. The van der Waals surface area contributed by atoms with Crippen molar-refractivity contribution in [3.8, 4) is 5.75 Å². The minimum absolute atomic E-state index is 0.0624. The van der Waals surface area contributed by atoms with E-state index in [0.29, 0.717) is 11.0 Å². The van der Waals surface area contributed by atoms with E-state index in [-0.39, 0.29) is 17.3 Å². The molecule has 9 heteroatoms. The summed E-state index contributed by atoms with van der Waals surface area (Å²) in [5.74, 6) is 1.34. The van der Waals surface area contributed by atoms with Crippen LogP contribution in [0.4, 0.5) is 5.69 Å². The van der Waals surface area contributed by atoms with Gasteiger partial charge in [-0.05, 0) is 30.0 Å². The molecule has 3 aromatic rings. The molecule has 0 radical (unpaired) electrons. The molecule has 3 rings (SSSR count). The van der Waals surface area contributed by atoms with E-state index in [0.717, 1.165) is 17.5 Å². The van der Waals surface area contributed by atoms with Crippen LogP contribution in [-0.2, 0) is 13.7 Å². The van der Waals surface area contributed by atoms with Gasteiger partial charge in [-0.15, -0.1) is 10.2 Å². The molecule has 8 nitrogen and oxygen atoms in total. The Morgan fingerprint density at radius 3 is 2.75 bits per heavy atom. The van der Waals surface area contributed by atoms with E-state index in [9.17, 15) is 10.1 Å². The quantitative estimate of drug-likeness (QED) is 0.501. The van der Waals surface area contributed by atoms with Crippen LogP contribution in [0.25, 0.3) is 0 Å². The number of pyridine rings is 1. The van der Waals surface area contributed by atoms with E-state index in [1.54, 1.807) is 11.6 Å². The maximum atomic E-state index is 11.1. The summed E-state index contributed by atoms with van der Waals surface area (Å²) >= 11 is 1.09. The summed E-state index contributed by atoms with van der Waals surface area (Å²) < 4.78 is 7.37. The molecule has 0 saturated carbocycles. The van der Waals surface area contributed by atoms with Gasteiger partial charge < -0.3 is 9.30 Å². The maximum absolute atomic E-state index is 11.1. The molecule has 0 saturated heterocycles. The number of aromatic nitrogens is 4. The second kappa shape index (κ2) is 7.09. The minimum Gasteiger partial charge on any atom is -0.486 e. The molecule has 1 aromatic carbocycles. The highest BCUT2D eigenvalue weighted by Gasteiger charge is 2.19. The van der Waals surface area contributed by atoms with Crippen molar-refractivity contribution in [2.24, 2.45) is 7.05 Å². The van der Waals surface area contributed by atoms with E-state index in [4.69, 9.17) is 4.74 Å². The van der Waals surface area contributed by atoms with Crippen molar-refractivity contribution >= 4 is 17.4 Å². The van der Waals surface area contributed by atoms with Gasteiger partial charge in [0.15, 0.2) is 16.0 Å². The van der Waals surface area contributed by atoms with Crippen LogP contribution >= 0.6 is 11.8 Å². The highest BCUT2D eigenvalue weighted by Crippen LogP contribution is 2.31. The fourth-order valence-electron chi connectivity index (χ4n) is 1.91. The summed E-state index contributed by atoms with van der Waals surface area (Å²) in [5.41, 5.74) is -0.0624. The maximum Gasteiger partial charge on any atom is 0.301 e. The van der Waals surface area contributed by atoms with E-state index in [1.807, 2.05) is 30.3 Å². The SMILES string of the molecule is Cn1c(COc2ccccc2)nnc1Sc1ncccc1[N+](=O)[O-]. The second-order valence-electron chi connectivity index (χ2n) is 4.75. The summed E-state index contributed by atoms with van der Waals surface area (Å²) in [7, 11) is 1.78. The lowest BCUT2D eigenvalue weighted by Gasteiger charge is -2.06. The first-order chi connectivity index (χ1) is 11.6. The highest BCUT2D eigenvalue weighted by atomic mass is 32.2. The summed E-state index contributed by atoms with van der Waals surface area (Å²) in [4.78, 5) is 14.6. The molecular formula is C15H13N5O3S. The zero-order valence-corrected chi connectivity index (χ0v) is 13.5. The van der Waals surface area contributed by atoms with Crippen molar-refractivity contribution in [2.45, 2.75) is 16.8 Å². The van der Waals surface area contributed by atoms with Crippen LogP contribution in [0.1, 0.15) is 5.82 Å². The molecule has 24 heavy (non-hydrogen) atoms. The van der Waals surface area contributed by atoms with Crippen LogP contribution in [0.3, 0.4) is 0 Å². The van der Waals surface area contributed by atoms with E-state index in [1.165, 1.54) is 18.3 Å². The van der Waals surface area contributed by atoms with E-state index < -0.39 is 4.92 Å². The van der Waals surface area contributed by atoms with Gasteiger partial charge in [0.05, 0.1) is 4.92 Å². The third-order valence-electron chi connectivity index (χ3n) is 3.17. The highest BCUT2D eigenvalue weighted by molar-refractivity contribution is 7.99. The number of hydrogen-bond acceptors (Lipinski definition) is 7. The molecule has 0 atom stereocenters. The lowest BCUT2D eigenvalue weighted by Crippen LogP contribution is -2.04. The molecule has 0 spiro atoms. The van der Waals surface area contributed by atoms with Crippen LogP contribution in [0.15, 0.2) is 58.8 Å². The summed E-state index contributed by atoms with van der Waals surface area (Å²) in [5, 5.41) is 20.0. The van der Waals surface area contributed by atoms with Crippen LogP contribution < -0.4 is 4.74 Å². The number of ether oxygens (including phenoxy) is 1. The van der Waals surface area contributed by atoms with E-state index >= 15 is 0 Å². The number of rotatable bonds is 6. The molecule has 0 aliphatic carbocycles. The van der Waals surface area contributed by atoms with Gasteiger partial charge in [-0.25, -0.2) is 4.98 Å². The van der Waals surface area contributed by atoms with Gasteiger partial charge in [0.25, 0.3) is 0 Å². The molecule has 0 amide bonds. The Bertz CT molecular complexity index is 853. The molecule has 0 aliphatic rings. The molecule has 0 unspecified atom stereocenters. The van der Waals surface area contributed by atoms with Crippen LogP contribution in [0.2, 0.25) is 0 Å². The van der Waals surface area contributed by atoms with Gasteiger partial charge in [0, 0.05) is 19.3 Å². The van der Waals surface area contributed by atoms with Gasteiger partial charge in [-0.3, -0.25) is 10.1 Å². The van der Waals surface area contributed by atoms with Gasteiger partial charge in [-0.1, -0.05) is 18.2 Å². The average molecular weight is 343 g/mol. The lowest BCUT2D eigenvalue weighted by atomic mass is 10.3. The van der Waals surface area contributed by atoms with E-state index in [2.05, 4.69) is 15.2 Å². The number of para-hydroxylation sites is 1. The van der Waals surface area contributed by atoms with Crippen LogP contribution in [0.5, 0.6) is 5.75 Å². The second-order valence-corrected chi connectivity index (χ2v) is 5.70. The fraction of sp³-hybridized carbons (Fsp3) is 0.133. The Balaban J connectivity index is 1.75. The van der Waals surface area contributed by atoms with Gasteiger partial charge in [0.2, 0.25) is 0 Å². The monoisotopic (exact) mass is 343 g/mol. The smallest absolute Gasteiger partial charge is 0.301 e. The lowest BCUT2D eigenvalue weighted by molar-refractivity contribution is -0.388. The Labute approximate surface area is 141 Å². The zero-order valence-electron chi connectivity index (χ0n) is 12.7. The Morgan fingerprint density at radius 2 is 2.00 bits per heavy atom. The fourth-order valence-corrected chi connectivity index (χ4v) is 2.77. The molecule has 122 valence electrons. The molecule has 0 aliphatic heterocycles. The van der Waals surface area contributed by atoms with Crippen molar-refractivity contribution in [1.82, 2.24) is 19.7 Å². The van der Waals surface area contributed by atoms with Crippen molar-refractivity contribution in [3.05, 3.63) is 64.6 Å². The van der Waals surface area contributed by atoms with Crippen molar-refractivity contribution < 1.29 is 9.66 Å². The molecular weight excluding hydrogens is 330 g/mol. The molecule has 0 bridgehead atoms. The predicted molar refractivity (Wildman–Crippen MR) is 86.8 cm³/mol. The standard InChI is InChI=1S/C15H13N5O3S/c1-19-13(10-23-11-6-3-2-4-7-11)17-18-15(19)24-14-12(20(21)22)8-5-9-16-14/h2-9H,10H2,1H3. The topological polar surface area (TPSA) is 96.0 Å². The molecule has 2 aromatic heterocycles. The normalized spacial score (nSPS) is 10.5. The van der Waals surface area contributed by atoms with Crippen LogP contribution in [-0.4, -0.2) is 24.7 Å². The Morgan fingerprint density at radius 1 is 1.21 bits per heavy atom. The molecule has 2 heterocycles. The minimum atomic E-state index is -0.467. The number of nitrogens with zero attached hydrogens (tertiary/aromatic N) is 5. The van der Waals surface area contributed by atoms with Crippen molar-refractivity contribution in [1.29, 1.82) is 0 Å². The summed E-state index contributed by atoms with van der Waals surface area (Å²) in [6.07, 6.45) is 1.51. The first kappa shape index (κ1) is 15.9. The van der Waals surface area contributed by atoms with Gasteiger partial charge in [0.1, 0.15) is 12.4 Å². The average Bonchev–Trinajstić information content (AvgIpc) is 2.94. The van der Waals surface area contributed by atoms with Crippen molar-refractivity contribution in [3.63, 3.8) is 0 Å². The number of hydrogen-bond donors (Lipinski definition) is 0. The summed E-state index contributed by atoms with van der Waals surface area (Å²) in [6.45, 7) is 0.248. The Hall–Kier alpha value is -2.94. The van der Waals surface area contributed by atoms with Gasteiger partial charge >= 0.3 is 5.69 Å². The number of benzene rings is 1. The van der Waals surface area contributed by atoms with Gasteiger partial charge in [-0.2, -0.15) is 0 Å². The molecule has 0 fully saturated rings.